The maximum Gasteiger partial charge on any atom is 0.194 e. The SMILES string of the molecule is CCCC1(C)CCCN(C(=NCc2nnc(C)n2C)NCCCSC)C1.I. The second-order valence-corrected chi connectivity index (χ2v) is 8.71. The molecule has 1 aliphatic heterocycles. The predicted molar refractivity (Wildman–Crippen MR) is 127 cm³/mol. The lowest BCUT2D eigenvalue weighted by Gasteiger charge is -2.42. The van der Waals surface area contributed by atoms with Gasteiger partial charge in [0.15, 0.2) is 11.8 Å². The van der Waals surface area contributed by atoms with Crippen molar-refractivity contribution in [3.05, 3.63) is 11.6 Å². The van der Waals surface area contributed by atoms with Crippen molar-refractivity contribution in [3.8, 4) is 0 Å². The molecule has 0 spiro atoms. The van der Waals surface area contributed by atoms with E-state index in [4.69, 9.17) is 4.99 Å². The molecule has 1 N–H and O–H groups in total. The van der Waals surface area contributed by atoms with Gasteiger partial charge in [-0.3, -0.25) is 0 Å². The molecule has 1 unspecified atom stereocenters. The topological polar surface area (TPSA) is 58.3 Å². The summed E-state index contributed by atoms with van der Waals surface area (Å²) in [4.78, 5) is 7.38. The number of aryl methyl sites for hydroxylation is 1. The Labute approximate surface area is 186 Å². The number of hydrogen-bond acceptors (Lipinski definition) is 4. The van der Waals surface area contributed by atoms with Gasteiger partial charge >= 0.3 is 0 Å². The van der Waals surface area contributed by atoms with E-state index in [2.05, 4.69) is 40.5 Å². The molecule has 1 aromatic heterocycles. The summed E-state index contributed by atoms with van der Waals surface area (Å²) < 4.78 is 2.02. The van der Waals surface area contributed by atoms with Crippen LogP contribution in [0.25, 0.3) is 0 Å². The van der Waals surface area contributed by atoms with Crippen LogP contribution in [0.1, 0.15) is 57.6 Å². The van der Waals surface area contributed by atoms with E-state index in [1.54, 1.807) is 0 Å². The van der Waals surface area contributed by atoms with Gasteiger partial charge in [0, 0.05) is 26.7 Å². The molecule has 0 saturated carbocycles. The summed E-state index contributed by atoms with van der Waals surface area (Å²) >= 11 is 1.90. The second-order valence-electron chi connectivity index (χ2n) is 7.72. The average Bonchev–Trinajstić information content (AvgIpc) is 2.93. The maximum atomic E-state index is 4.92. The summed E-state index contributed by atoms with van der Waals surface area (Å²) in [6.45, 7) is 10.4. The summed E-state index contributed by atoms with van der Waals surface area (Å²) in [6, 6.07) is 0. The van der Waals surface area contributed by atoms with Gasteiger partial charge in [-0.15, -0.1) is 34.2 Å². The van der Waals surface area contributed by atoms with Crippen molar-refractivity contribution in [2.75, 3.05) is 31.6 Å². The van der Waals surface area contributed by atoms with E-state index in [9.17, 15) is 0 Å². The first-order valence-corrected chi connectivity index (χ1v) is 11.3. The lowest BCUT2D eigenvalue weighted by Crippen LogP contribution is -2.50. The molecular weight excluding hydrogens is 471 g/mol. The van der Waals surface area contributed by atoms with E-state index in [0.717, 1.165) is 43.7 Å². The van der Waals surface area contributed by atoms with E-state index in [1.807, 2.05) is 30.3 Å². The second kappa shape index (κ2) is 12.1. The molecule has 27 heavy (non-hydrogen) atoms. The molecule has 156 valence electrons. The molecule has 1 fully saturated rings. The number of nitrogens with zero attached hydrogens (tertiary/aromatic N) is 5. The molecule has 0 aliphatic carbocycles. The van der Waals surface area contributed by atoms with Crippen molar-refractivity contribution in [2.24, 2.45) is 17.5 Å². The Hall–Kier alpha value is -0.510. The highest BCUT2D eigenvalue weighted by molar-refractivity contribution is 14.0. The molecule has 1 saturated heterocycles. The summed E-state index contributed by atoms with van der Waals surface area (Å²) in [5.41, 5.74) is 0.399. The normalized spacial score (nSPS) is 20.5. The molecule has 0 radical (unpaired) electrons. The number of aromatic nitrogens is 3. The van der Waals surface area contributed by atoms with Crippen molar-refractivity contribution in [3.63, 3.8) is 0 Å². The number of thioether (sulfide) groups is 1. The van der Waals surface area contributed by atoms with Crippen molar-refractivity contribution in [1.29, 1.82) is 0 Å². The fraction of sp³-hybridized carbons (Fsp3) is 0.842. The van der Waals surface area contributed by atoms with Crippen molar-refractivity contribution < 1.29 is 0 Å². The third-order valence-corrected chi connectivity index (χ3v) is 5.99. The Morgan fingerprint density at radius 2 is 2.15 bits per heavy atom. The molecule has 1 aromatic rings. The van der Waals surface area contributed by atoms with Gasteiger partial charge in [-0.1, -0.05) is 20.3 Å². The van der Waals surface area contributed by atoms with Crippen LogP contribution >= 0.6 is 35.7 Å². The molecular formula is C19H37IN6S. The largest absolute Gasteiger partial charge is 0.356 e. The Morgan fingerprint density at radius 3 is 2.78 bits per heavy atom. The molecule has 1 aliphatic rings. The highest BCUT2D eigenvalue weighted by Crippen LogP contribution is 2.33. The number of hydrogen-bond donors (Lipinski definition) is 1. The van der Waals surface area contributed by atoms with Crippen LogP contribution in [-0.2, 0) is 13.6 Å². The number of rotatable bonds is 8. The zero-order valence-corrected chi connectivity index (χ0v) is 20.8. The third-order valence-electron chi connectivity index (χ3n) is 5.30. The summed E-state index contributed by atoms with van der Waals surface area (Å²) in [7, 11) is 2.00. The number of guanidine groups is 1. The Kier molecular flexibility index (Phi) is 11.0. The third kappa shape index (κ3) is 7.44. The Balaban J connectivity index is 0.00000364. The smallest absolute Gasteiger partial charge is 0.194 e. The van der Waals surface area contributed by atoms with Crippen LogP contribution in [0.5, 0.6) is 0 Å². The van der Waals surface area contributed by atoms with Gasteiger partial charge in [0.05, 0.1) is 0 Å². The van der Waals surface area contributed by atoms with Gasteiger partial charge in [-0.05, 0) is 50.0 Å². The predicted octanol–water partition coefficient (Wildman–Crippen LogP) is 3.84. The Bertz CT molecular complexity index is 587. The van der Waals surface area contributed by atoms with Gasteiger partial charge in [-0.25, -0.2) is 4.99 Å². The van der Waals surface area contributed by atoms with E-state index in [1.165, 1.54) is 31.4 Å². The van der Waals surface area contributed by atoms with Crippen LogP contribution in [-0.4, -0.2) is 57.3 Å². The number of halogens is 1. The van der Waals surface area contributed by atoms with Gasteiger partial charge in [0.2, 0.25) is 0 Å². The van der Waals surface area contributed by atoms with E-state index in [-0.39, 0.29) is 24.0 Å². The monoisotopic (exact) mass is 508 g/mol. The maximum absolute atomic E-state index is 4.92. The minimum Gasteiger partial charge on any atom is -0.356 e. The summed E-state index contributed by atoms with van der Waals surface area (Å²) in [5.74, 6) is 4.06. The molecule has 6 nitrogen and oxygen atoms in total. The van der Waals surface area contributed by atoms with E-state index < -0.39 is 0 Å². The molecule has 8 heteroatoms. The van der Waals surface area contributed by atoms with E-state index in [0.29, 0.717) is 12.0 Å². The highest BCUT2D eigenvalue weighted by Gasteiger charge is 2.31. The van der Waals surface area contributed by atoms with Crippen LogP contribution < -0.4 is 5.32 Å². The lowest BCUT2D eigenvalue weighted by atomic mass is 9.78. The molecule has 1 atom stereocenters. The Morgan fingerprint density at radius 1 is 1.37 bits per heavy atom. The average molecular weight is 509 g/mol. The quantitative estimate of drug-likeness (QED) is 0.250. The summed E-state index contributed by atoms with van der Waals surface area (Å²) in [5, 5.41) is 12.0. The van der Waals surface area contributed by atoms with Crippen LogP contribution in [0.2, 0.25) is 0 Å². The first-order valence-electron chi connectivity index (χ1n) is 9.86. The highest BCUT2D eigenvalue weighted by atomic mass is 127. The first-order chi connectivity index (χ1) is 12.5. The number of aliphatic imine (C=N–C) groups is 1. The standard InChI is InChI=1S/C19H36N6S.HI/c1-6-9-19(3)10-7-12-25(15-19)18(20-11-8-13-26-5)21-14-17-23-22-16(2)24(17)4;/h6-15H2,1-5H3,(H,20,21);1H. The van der Waals surface area contributed by atoms with E-state index >= 15 is 0 Å². The fourth-order valence-corrected chi connectivity index (χ4v) is 4.16. The molecule has 0 amide bonds. The molecule has 0 aromatic carbocycles. The van der Waals surface area contributed by atoms with Crippen LogP contribution in [0, 0.1) is 12.3 Å². The molecule has 2 rings (SSSR count). The molecule has 2 heterocycles. The van der Waals surface area contributed by atoms with Crippen molar-refractivity contribution in [1.82, 2.24) is 25.0 Å². The zero-order valence-electron chi connectivity index (χ0n) is 17.6. The van der Waals surface area contributed by atoms with Crippen molar-refractivity contribution >= 4 is 41.7 Å². The summed E-state index contributed by atoms with van der Waals surface area (Å²) in [6.07, 6.45) is 8.40. The van der Waals surface area contributed by atoms with Gasteiger partial charge < -0.3 is 14.8 Å². The number of likely N-dealkylation sites (tertiary alicyclic amines) is 1. The van der Waals surface area contributed by atoms with Crippen LogP contribution in [0.4, 0.5) is 0 Å². The van der Waals surface area contributed by atoms with Gasteiger partial charge in [0.1, 0.15) is 12.4 Å². The van der Waals surface area contributed by atoms with Gasteiger partial charge in [0.25, 0.3) is 0 Å². The number of piperidine rings is 1. The first kappa shape index (κ1) is 24.5. The minimum atomic E-state index is 0. The fourth-order valence-electron chi connectivity index (χ4n) is 3.72. The van der Waals surface area contributed by atoms with Gasteiger partial charge in [-0.2, -0.15) is 11.8 Å². The van der Waals surface area contributed by atoms with Crippen molar-refractivity contribution in [2.45, 2.75) is 59.4 Å². The zero-order chi connectivity index (χ0) is 19.0. The lowest BCUT2D eigenvalue weighted by molar-refractivity contribution is 0.142. The van der Waals surface area contributed by atoms with Crippen LogP contribution in [0.3, 0.4) is 0 Å². The molecule has 0 bridgehead atoms. The number of nitrogens with one attached hydrogen (secondary N) is 1. The van der Waals surface area contributed by atoms with Crippen LogP contribution in [0.15, 0.2) is 4.99 Å². The minimum absolute atomic E-state index is 0.